The van der Waals surface area contributed by atoms with Crippen molar-refractivity contribution in [3.8, 4) is 0 Å². The van der Waals surface area contributed by atoms with E-state index in [1.807, 2.05) is 19.9 Å². The Labute approximate surface area is 74.3 Å². The van der Waals surface area contributed by atoms with E-state index in [1.54, 1.807) is 0 Å². The second-order valence-corrected chi connectivity index (χ2v) is 3.71. The Morgan fingerprint density at radius 3 is 2.08 bits per heavy atom. The SMILES string of the molecule is CC(C)/C=C(\CC(=O)O)C(C)C. The molecule has 0 aliphatic rings. The highest BCUT2D eigenvalue weighted by Gasteiger charge is 2.08. The first kappa shape index (κ1) is 11.2. The molecule has 0 spiro atoms. The molecule has 2 nitrogen and oxygen atoms in total. The first-order valence-electron chi connectivity index (χ1n) is 4.35. The van der Waals surface area contributed by atoms with Crippen LogP contribution in [0.25, 0.3) is 0 Å². The van der Waals surface area contributed by atoms with Gasteiger partial charge in [-0.2, -0.15) is 0 Å². The van der Waals surface area contributed by atoms with Gasteiger partial charge in [-0.15, -0.1) is 0 Å². The van der Waals surface area contributed by atoms with Gasteiger partial charge >= 0.3 is 5.97 Å². The van der Waals surface area contributed by atoms with E-state index in [2.05, 4.69) is 13.8 Å². The maximum absolute atomic E-state index is 10.5. The van der Waals surface area contributed by atoms with E-state index < -0.39 is 5.97 Å². The summed E-state index contributed by atoms with van der Waals surface area (Å²) in [5, 5.41) is 8.60. The average Bonchev–Trinajstić information content (AvgIpc) is 1.83. The Balaban J connectivity index is 4.33. The van der Waals surface area contributed by atoms with Crippen LogP contribution in [-0.2, 0) is 4.79 Å². The molecule has 12 heavy (non-hydrogen) atoms. The third kappa shape index (κ3) is 4.94. The number of hydrogen-bond donors (Lipinski definition) is 1. The average molecular weight is 170 g/mol. The molecule has 0 aromatic heterocycles. The zero-order valence-electron chi connectivity index (χ0n) is 8.29. The summed E-state index contributed by atoms with van der Waals surface area (Å²) in [6.45, 7) is 8.17. The first-order chi connectivity index (χ1) is 5.43. The Morgan fingerprint density at radius 1 is 1.33 bits per heavy atom. The van der Waals surface area contributed by atoms with Gasteiger partial charge in [-0.25, -0.2) is 0 Å². The van der Waals surface area contributed by atoms with E-state index in [9.17, 15) is 4.79 Å². The zero-order valence-corrected chi connectivity index (χ0v) is 8.29. The van der Waals surface area contributed by atoms with Crippen LogP contribution in [-0.4, -0.2) is 11.1 Å². The van der Waals surface area contributed by atoms with E-state index in [0.29, 0.717) is 11.8 Å². The number of carbonyl (C=O) groups is 1. The highest BCUT2D eigenvalue weighted by molar-refractivity contribution is 5.70. The predicted molar refractivity (Wildman–Crippen MR) is 50.0 cm³/mol. The molecule has 2 heteroatoms. The fourth-order valence-corrected chi connectivity index (χ4v) is 1.06. The van der Waals surface area contributed by atoms with Crippen LogP contribution in [0.4, 0.5) is 0 Å². The van der Waals surface area contributed by atoms with Crippen LogP contribution in [0, 0.1) is 11.8 Å². The molecule has 0 rings (SSSR count). The minimum Gasteiger partial charge on any atom is -0.481 e. The Bertz CT molecular complexity index is 178. The molecule has 0 aliphatic heterocycles. The van der Waals surface area contributed by atoms with Crippen LogP contribution >= 0.6 is 0 Å². The molecule has 0 aromatic rings. The lowest BCUT2D eigenvalue weighted by Crippen LogP contribution is -2.04. The molecule has 0 heterocycles. The van der Waals surface area contributed by atoms with Gasteiger partial charge < -0.3 is 5.11 Å². The lowest BCUT2D eigenvalue weighted by molar-refractivity contribution is -0.136. The monoisotopic (exact) mass is 170 g/mol. The van der Waals surface area contributed by atoms with Gasteiger partial charge in [0.15, 0.2) is 0 Å². The van der Waals surface area contributed by atoms with Crippen LogP contribution in [0.15, 0.2) is 11.6 Å². The normalized spacial score (nSPS) is 12.7. The number of hydrogen-bond acceptors (Lipinski definition) is 1. The predicted octanol–water partition coefficient (Wildman–Crippen LogP) is 2.70. The van der Waals surface area contributed by atoms with Gasteiger partial charge in [0.05, 0.1) is 6.42 Å². The molecule has 0 atom stereocenters. The maximum Gasteiger partial charge on any atom is 0.307 e. The second kappa shape index (κ2) is 4.96. The summed E-state index contributed by atoms with van der Waals surface area (Å²) in [5.74, 6) is 0.0286. The maximum atomic E-state index is 10.5. The van der Waals surface area contributed by atoms with Gasteiger partial charge in [-0.1, -0.05) is 39.3 Å². The van der Waals surface area contributed by atoms with Crippen molar-refractivity contribution in [2.24, 2.45) is 11.8 Å². The Kier molecular flexibility index (Phi) is 4.64. The lowest BCUT2D eigenvalue weighted by Gasteiger charge is -2.10. The molecule has 70 valence electrons. The first-order valence-corrected chi connectivity index (χ1v) is 4.35. The minimum atomic E-state index is -0.740. The summed E-state index contributed by atoms with van der Waals surface area (Å²) in [6.07, 6.45) is 2.22. The lowest BCUT2D eigenvalue weighted by atomic mass is 9.96. The van der Waals surface area contributed by atoms with Gasteiger partial charge in [0.1, 0.15) is 0 Å². The highest BCUT2D eigenvalue weighted by atomic mass is 16.4. The van der Waals surface area contributed by atoms with E-state index >= 15 is 0 Å². The third-order valence-electron chi connectivity index (χ3n) is 1.64. The molecule has 0 saturated heterocycles. The van der Waals surface area contributed by atoms with Crippen molar-refractivity contribution in [3.05, 3.63) is 11.6 Å². The molecular weight excluding hydrogens is 152 g/mol. The summed E-state index contributed by atoms with van der Waals surface area (Å²) in [6, 6.07) is 0. The topological polar surface area (TPSA) is 37.3 Å². The van der Waals surface area contributed by atoms with Crippen molar-refractivity contribution < 1.29 is 9.90 Å². The van der Waals surface area contributed by atoms with Crippen LogP contribution < -0.4 is 0 Å². The summed E-state index contributed by atoms with van der Waals surface area (Å²) in [7, 11) is 0. The molecule has 0 saturated carbocycles. The van der Waals surface area contributed by atoms with Gasteiger partial charge in [0, 0.05) is 0 Å². The summed E-state index contributed by atoms with van der Waals surface area (Å²) in [5.41, 5.74) is 1.03. The van der Waals surface area contributed by atoms with Crippen LogP contribution in [0.1, 0.15) is 34.1 Å². The molecule has 0 radical (unpaired) electrons. The molecular formula is C10H18O2. The fourth-order valence-electron chi connectivity index (χ4n) is 1.06. The van der Waals surface area contributed by atoms with E-state index in [0.717, 1.165) is 5.57 Å². The van der Waals surface area contributed by atoms with E-state index in [1.165, 1.54) is 0 Å². The van der Waals surface area contributed by atoms with Crippen molar-refractivity contribution in [3.63, 3.8) is 0 Å². The Hall–Kier alpha value is -0.790. The van der Waals surface area contributed by atoms with Crippen LogP contribution in [0.2, 0.25) is 0 Å². The highest BCUT2D eigenvalue weighted by Crippen LogP contribution is 2.16. The number of aliphatic carboxylic acids is 1. The standard InChI is InChI=1S/C10H18O2/c1-7(2)5-9(8(3)4)6-10(11)12/h5,7-8H,6H2,1-4H3,(H,11,12)/b9-5+. The summed E-state index contributed by atoms with van der Waals surface area (Å²) >= 11 is 0. The molecule has 0 amide bonds. The van der Waals surface area contributed by atoms with Gasteiger partial charge in [0.2, 0.25) is 0 Å². The summed E-state index contributed by atoms with van der Waals surface area (Å²) < 4.78 is 0. The molecule has 0 bridgehead atoms. The van der Waals surface area contributed by atoms with Crippen molar-refractivity contribution in [1.82, 2.24) is 0 Å². The Morgan fingerprint density at radius 2 is 1.83 bits per heavy atom. The number of rotatable bonds is 4. The second-order valence-electron chi connectivity index (χ2n) is 3.71. The van der Waals surface area contributed by atoms with Gasteiger partial charge in [-0.3, -0.25) is 4.79 Å². The smallest absolute Gasteiger partial charge is 0.307 e. The summed E-state index contributed by atoms with van der Waals surface area (Å²) in [4.78, 5) is 10.5. The van der Waals surface area contributed by atoms with Gasteiger partial charge in [0.25, 0.3) is 0 Å². The van der Waals surface area contributed by atoms with Crippen molar-refractivity contribution in [2.45, 2.75) is 34.1 Å². The van der Waals surface area contributed by atoms with E-state index in [4.69, 9.17) is 5.11 Å². The largest absolute Gasteiger partial charge is 0.481 e. The molecule has 0 fully saturated rings. The zero-order chi connectivity index (χ0) is 9.72. The van der Waals surface area contributed by atoms with Crippen LogP contribution in [0.5, 0.6) is 0 Å². The van der Waals surface area contributed by atoms with Gasteiger partial charge in [-0.05, 0) is 11.8 Å². The number of allylic oxidation sites excluding steroid dienone is 1. The van der Waals surface area contributed by atoms with Crippen molar-refractivity contribution in [1.29, 1.82) is 0 Å². The van der Waals surface area contributed by atoms with Crippen molar-refractivity contribution in [2.75, 3.05) is 0 Å². The molecule has 1 N–H and O–H groups in total. The molecule has 0 unspecified atom stereocenters. The quantitative estimate of drug-likeness (QED) is 0.659. The fraction of sp³-hybridized carbons (Fsp3) is 0.700. The minimum absolute atomic E-state index is 0.176. The molecule has 0 aliphatic carbocycles. The van der Waals surface area contributed by atoms with Crippen LogP contribution in [0.3, 0.4) is 0 Å². The third-order valence-corrected chi connectivity index (χ3v) is 1.64. The van der Waals surface area contributed by atoms with E-state index in [-0.39, 0.29) is 6.42 Å². The van der Waals surface area contributed by atoms with Crippen molar-refractivity contribution >= 4 is 5.97 Å². The number of carboxylic acids is 1. The number of carboxylic acid groups (broad SMARTS) is 1. The molecule has 0 aromatic carbocycles.